The number of hydrogen-bond acceptors (Lipinski definition) is 1. The highest BCUT2D eigenvalue weighted by Crippen LogP contribution is 2.39. The Labute approximate surface area is 73.1 Å². The summed E-state index contributed by atoms with van der Waals surface area (Å²) in [5.41, 5.74) is 1.58. The van der Waals surface area contributed by atoms with E-state index in [0.717, 1.165) is 18.5 Å². The van der Waals surface area contributed by atoms with Crippen molar-refractivity contribution in [2.45, 2.75) is 18.9 Å². The molecule has 1 heteroatoms. The van der Waals surface area contributed by atoms with Gasteiger partial charge in [-0.1, -0.05) is 24.3 Å². The second-order valence-electron chi connectivity index (χ2n) is 3.84. The van der Waals surface area contributed by atoms with Gasteiger partial charge in [-0.3, -0.25) is 0 Å². The van der Waals surface area contributed by atoms with E-state index in [0.29, 0.717) is 0 Å². The van der Waals surface area contributed by atoms with E-state index >= 15 is 0 Å². The first-order valence-corrected chi connectivity index (χ1v) is 4.75. The molecule has 2 unspecified atom stereocenters. The van der Waals surface area contributed by atoms with Gasteiger partial charge >= 0.3 is 0 Å². The van der Waals surface area contributed by atoms with E-state index in [-0.39, 0.29) is 0 Å². The number of fused-ring (bicyclic) bond motifs is 3. The molecule has 3 rings (SSSR count). The Hall–Kier alpha value is -0.980. The van der Waals surface area contributed by atoms with Gasteiger partial charge in [0, 0.05) is 24.2 Å². The molecule has 62 valence electrons. The zero-order valence-electron chi connectivity index (χ0n) is 7.11. The van der Waals surface area contributed by atoms with Gasteiger partial charge in [0.1, 0.15) is 0 Å². The lowest BCUT2D eigenvalue weighted by Crippen LogP contribution is -2.22. The van der Waals surface area contributed by atoms with E-state index in [4.69, 9.17) is 0 Å². The fraction of sp³-hybridized carbons (Fsp3) is 0.455. The molecule has 0 aromatic heterocycles. The predicted molar refractivity (Wildman–Crippen MR) is 49.6 cm³/mol. The highest BCUT2D eigenvalue weighted by molar-refractivity contribution is 5.29. The van der Waals surface area contributed by atoms with Crippen molar-refractivity contribution in [2.24, 2.45) is 5.92 Å². The molecule has 0 bridgehead atoms. The smallest absolute Gasteiger partial charge is 0.0480 e. The molecule has 1 fully saturated rings. The fourth-order valence-corrected chi connectivity index (χ4v) is 2.58. The van der Waals surface area contributed by atoms with Crippen LogP contribution in [-0.2, 0) is 0 Å². The van der Waals surface area contributed by atoms with Crippen LogP contribution in [0.25, 0.3) is 0 Å². The molecule has 0 amide bonds. The largest absolute Gasteiger partial charge is 0.364 e. The van der Waals surface area contributed by atoms with Gasteiger partial charge < -0.3 is 4.90 Å². The van der Waals surface area contributed by atoms with E-state index < -0.39 is 0 Å². The minimum atomic E-state index is 0.723. The van der Waals surface area contributed by atoms with Crippen LogP contribution in [0.2, 0.25) is 0 Å². The monoisotopic (exact) mass is 159 g/mol. The molecule has 2 atom stereocenters. The van der Waals surface area contributed by atoms with Crippen LogP contribution in [0.1, 0.15) is 12.8 Å². The van der Waals surface area contributed by atoms with E-state index in [1.165, 1.54) is 12.8 Å². The Bertz CT molecular complexity index is 285. The predicted octanol–water partition coefficient (Wildman–Crippen LogP) is 2.09. The van der Waals surface area contributed by atoms with Crippen molar-refractivity contribution in [2.75, 3.05) is 6.54 Å². The second-order valence-corrected chi connectivity index (χ2v) is 3.84. The highest BCUT2D eigenvalue weighted by atomic mass is 15.2. The molecule has 12 heavy (non-hydrogen) atoms. The molecule has 1 nitrogen and oxygen atoms in total. The maximum atomic E-state index is 2.54. The maximum Gasteiger partial charge on any atom is 0.0480 e. The van der Waals surface area contributed by atoms with Gasteiger partial charge in [-0.25, -0.2) is 0 Å². The first-order valence-electron chi connectivity index (χ1n) is 4.75. The molecule has 1 saturated heterocycles. The molecular formula is C11H13N. The summed E-state index contributed by atoms with van der Waals surface area (Å²) in [5.74, 6) is 0.824. The standard InChI is InChI=1S/C11H13N/c1-2-6-11-9(4-1)8-10-5-3-7-12(10)11/h1-3,5-6,9-10H,4,7-8H2. The molecule has 0 aromatic carbocycles. The van der Waals surface area contributed by atoms with Crippen LogP contribution in [-0.4, -0.2) is 17.5 Å². The average Bonchev–Trinajstić information content (AvgIpc) is 2.62. The van der Waals surface area contributed by atoms with Crippen molar-refractivity contribution in [1.29, 1.82) is 0 Å². The molecule has 3 aliphatic rings. The summed E-state index contributed by atoms with van der Waals surface area (Å²) in [6.45, 7) is 1.14. The third-order valence-corrected chi connectivity index (χ3v) is 3.16. The average molecular weight is 159 g/mol. The molecule has 2 aliphatic heterocycles. The molecular weight excluding hydrogens is 146 g/mol. The summed E-state index contributed by atoms with van der Waals surface area (Å²) in [5, 5.41) is 0. The van der Waals surface area contributed by atoms with Gasteiger partial charge in [-0.2, -0.15) is 0 Å². The van der Waals surface area contributed by atoms with Crippen molar-refractivity contribution in [1.82, 2.24) is 4.90 Å². The first-order chi connectivity index (χ1) is 5.95. The van der Waals surface area contributed by atoms with Crippen LogP contribution in [0, 0.1) is 5.92 Å². The Kier molecular flexibility index (Phi) is 1.23. The van der Waals surface area contributed by atoms with E-state index in [1.807, 2.05) is 0 Å². The van der Waals surface area contributed by atoms with Crippen LogP contribution in [0.3, 0.4) is 0 Å². The van der Waals surface area contributed by atoms with E-state index in [2.05, 4.69) is 35.3 Å². The molecule has 0 aromatic rings. The normalized spacial score (nSPS) is 36.7. The fourth-order valence-electron chi connectivity index (χ4n) is 2.58. The Morgan fingerprint density at radius 2 is 2.33 bits per heavy atom. The SMILES string of the molecule is C1=CCC2CC3C=CCN3C2=C1. The summed E-state index contributed by atoms with van der Waals surface area (Å²) in [7, 11) is 0. The maximum absolute atomic E-state index is 2.54. The third-order valence-electron chi connectivity index (χ3n) is 3.16. The minimum absolute atomic E-state index is 0.723. The topological polar surface area (TPSA) is 3.24 Å². The van der Waals surface area contributed by atoms with Crippen molar-refractivity contribution in [3.8, 4) is 0 Å². The Morgan fingerprint density at radius 3 is 3.33 bits per heavy atom. The quantitative estimate of drug-likeness (QED) is 0.489. The summed E-state index contributed by atoms with van der Waals surface area (Å²) >= 11 is 0. The second kappa shape index (κ2) is 2.25. The van der Waals surface area contributed by atoms with Crippen LogP contribution >= 0.6 is 0 Å². The minimum Gasteiger partial charge on any atom is -0.364 e. The van der Waals surface area contributed by atoms with Gasteiger partial charge in [0.2, 0.25) is 0 Å². The zero-order chi connectivity index (χ0) is 7.97. The highest BCUT2D eigenvalue weighted by Gasteiger charge is 2.35. The van der Waals surface area contributed by atoms with Gasteiger partial charge in [-0.05, 0) is 18.9 Å². The molecule has 2 heterocycles. The molecule has 0 radical (unpaired) electrons. The lowest BCUT2D eigenvalue weighted by atomic mass is 9.95. The van der Waals surface area contributed by atoms with E-state index in [1.54, 1.807) is 5.70 Å². The Morgan fingerprint density at radius 1 is 1.33 bits per heavy atom. The summed E-state index contributed by atoms with van der Waals surface area (Å²) < 4.78 is 0. The van der Waals surface area contributed by atoms with Gasteiger partial charge in [0.25, 0.3) is 0 Å². The van der Waals surface area contributed by atoms with Crippen LogP contribution in [0.5, 0.6) is 0 Å². The van der Waals surface area contributed by atoms with Crippen LogP contribution in [0.4, 0.5) is 0 Å². The molecule has 0 N–H and O–H groups in total. The first kappa shape index (κ1) is 6.53. The van der Waals surface area contributed by atoms with Gasteiger partial charge in [0.05, 0.1) is 0 Å². The molecule has 1 aliphatic carbocycles. The number of nitrogens with zero attached hydrogens (tertiary/aromatic N) is 1. The number of hydrogen-bond donors (Lipinski definition) is 0. The molecule has 0 saturated carbocycles. The van der Waals surface area contributed by atoms with Gasteiger partial charge in [0.15, 0.2) is 0 Å². The summed E-state index contributed by atoms with van der Waals surface area (Å²) in [6.07, 6.45) is 14.0. The lowest BCUT2D eigenvalue weighted by molar-refractivity contribution is 0.394. The lowest BCUT2D eigenvalue weighted by Gasteiger charge is -2.21. The number of allylic oxidation sites excluding steroid dienone is 4. The van der Waals surface area contributed by atoms with Crippen molar-refractivity contribution < 1.29 is 0 Å². The van der Waals surface area contributed by atoms with Crippen molar-refractivity contribution >= 4 is 0 Å². The summed E-state index contributed by atoms with van der Waals surface area (Å²) in [4.78, 5) is 2.54. The summed E-state index contributed by atoms with van der Waals surface area (Å²) in [6, 6.07) is 0.723. The molecule has 0 spiro atoms. The van der Waals surface area contributed by atoms with Crippen LogP contribution in [0.15, 0.2) is 36.1 Å². The van der Waals surface area contributed by atoms with Crippen molar-refractivity contribution in [3.63, 3.8) is 0 Å². The van der Waals surface area contributed by atoms with E-state index in [9.17, 15) is 0 Å². The third kappa shape index (κ3) is 0.739. The Balaban J connectivity index is 1.97. The van der Waals surface area contributed by atoms with Crippen LogP contribution < -0.4 is 0 Å². The number of rotatable bonds is 0. The zero-order valence-corrected chi connectivity index (χ0v) is 7.11. The van der Waals surface area contributed by atoms with Gasteiger partial charge in [-0.15, -0.1) is 0 Å². The van der Waals surface area contributed by atoms with Crippen molar-refractivity contribution in [3.05, 3.63) is 36.1 Å².